The molecule has 2 amide bonds. The minimum Gasteiger partial charge on any atom is -0.364 e. The molecule has 0 saturated heterocycles. The molecule has 0 aromatic heterocycles. The van der Waals surface area contributed by atoms with Gasteiger partial charge in [-0.1, -0.05) is 53.5 Å². The molecule has 2 rings (SSSR count). The lowest BCUT2D eigenvalue weighted by Crippen LogP contribution is -2.46. The van der Waals surface area contributed by atoms with Crippen LogP contribution in [-0.2, 0) is 16.1 Å². The number of hydrogen-bond donors (Lipinski definition) is 2. The summed E-state index contributed by atoms with van der Waals surface area (Å²) in [5, 5.41) is 0.606. The minimum absolute atomic E-state index is 0.169. The van der Waals surface area contributed by atoms with Crippen molar-refractivity contribution in [1.82, 2.24) is 10.9 Å². The van der Waals surface area contributed by atoms with E-state index in [0.29, 0.717) is 11.6 Å². The zero-order valence-electron chi connectivity index (χ0n) is 12.9. The monoisotopic (exact) mass is 366 g/mol. The van der Waals surface area contributed by atoms with Gasteiger partial charge in [0.05, 0.1) is 17.2 Å². The first-order chi connectivity index (χ1) is 11.5. The van der Waals surface area contributed by atoms with Crippen molar-refractivity contribution in [2.24, 2.45) is 0 Å². The molecule has 1 atom stereocenters. The van der Waals surface area contributed by atoms with E-state index in [1.165, 1.54) is 12.1 Å². The van der Waals surface area contributed by atoms with Crippen LogP contribution in [0.5, 0.6) is 0 Å². The molecule has 0 saturated carbocycles. The Kier molecular flexibility index (Phi) is 6.61. The topological polar surface area (TPSA) is 67.4 Å². The summed E-state index contributed by atoms with van der Waals surface area (Å²) in [5.74, 6) is -1.04. The van der Waals surface area contributed by atoms with E-state index in [0.717, 1.165) is 5.56 Å². The number of carbonyl (C=O) groups is 2. The number of benzene rings is 2. The molecule has 0 aliphatic heterocycles. The van der Waals surface area contributed by atoms with Crippen LogP contribution in [0.15, 0.2) is 48.5 Å². The average Bonchev–Trinajstić information content (AvgIpc) is 2.60. The van der Waals surface area contributed by atoms with Crippen molar-refractivity contribution in [2.45, 2.75) is 19.6 Å². The van der Waals surface area contributed by atoms with Crippen molar-refractivity contribution in [1.29, 1.82) is 0 Å². The molecule has 5 nitrogen and oxygen atoms in total. The fraction of sp³-hybridized carbons (Fsp3) is 0.176. The predicted molar refractivity (Wildman–Crippen MR) is 92.8 cm³/mol. The molecule has 2 aromatic carbocycles. The normalized spacial score (nSPS) is 11.6. The van der Waals surface area contributed by atoms with Crippen LogP contribution in [0.1, 0.15) is 22.8 Å². The maximum Gasteiger partial charge on any atom is 0.271 e. The van der Waals surface area contributed by atoms with E-state index in [4.69, 9.17) is 27.9 Å². The van der Waals surface area contributed by atoms with Crippen molar-refractivity contribution >= 4 is 35.0 Å². The Morgan fingerprint density at radius 2 is 1.79 bits per heavy atom. The van der Waals surface area contributed by atoms with Crippen LogP contribution >= 0.6 is 23.2 Å². The zero-order chi connectivity index (χ0) is 17.5. The molecular formula is C17H16Cl2N2O3. The Morgan fingerprint density at radius 1 is 1.08 bits per heavy atom. The van der Waals surface area contributed by atoms with E-state index in [1.807, 2.05) is 30.3 Å². The number of carbonyl (C=O) groups excluding carboxylic acids is 2. The molecule has 0 aliphatic rings. The summed E-state index contributed by atoms with van der Waals surface area (Å²) in [6.07, 6.45) is -0.736. The molecule has 1 unspecified atom stereocenters. The average molecular weight is 367 g/mol. The number of amides is 2. The number of halogens is 2. The Hall–Kier alpha value is -2.08. The number of ether oxygens (including phenoxy) is 1. The third-order valence-corrected chi connectivity index (χ3v) is 3.75. The van der Waals surface area contributed by atoms with E-state index in [-0.39, 0.29) is 10.6 Å². The number of hydrazine groups is 1. The first-order valence-electron chi connectivity index (χ1n) is 7.18. The second kappa shape index (κ2) is 8.68. The molecule has 0 spiro atoms. The van der Waals surface area contributed by atoms with Gasteiger partial charge in [0.2, 0.25) is 0 Å². The summed E-state index contributed by atoms with van der Waals surface area (Å²) in [6.45, 7) is 1.89. The Bertz CT molecular complexity index is 723. The van der Waals surface area contributed by atoms with Gasteiger partial charge in [0, 0.05) is 5.02 Å². The van der Waals surface area contributed by atoms with Crippen LogP contribution in [0.3, 0.4) is 0 Å². The van der Waals surface area contributed by atoms with Gasteiger partial charge in [-0.15, -0.1) is 0 Å². The summed E-state index contributed by atoms with van der Waals surface area (Å²) in [4.78, 5) is 24.0. The van der Waals surface area contributed by atoms with Crippen LogP contribution < -0.4 is 10.9 Å². The first-order valence-corrected chi connectivity index (χ1v) is 7.93. The second-order valence-electron chi connectivity index (χ2n) is 5.01. The zero-order valence-corrected chi connectivity index (χ0v) is 14.4. The lowest BCUT2D eigenvalue weighted by molar-refractivity contribution is -0.133. The van der Waals surface area contributed by atoms with Gasteiger partial charge in [-0.05, 0) is 30.7 Å². The molecule has 0 fully saturated rings. The number of rotatable bonds is 5. The number of nitrogens with one attached hydrogen (secondary N) is 2. The van der Waals surface area contributed by atoms with E-state index in [1.54, 1.807) is 13.0 Å². The fourth-order valence-corrected chi connectivity index (χ4v) is 2.21. The predicted octanol–water partition coefficient (Wildman–Crippen LogP) is 3.36. The Balaban J connectivity index is 1.83. The van der Waals surface area contributed by atoms with E-state index in [2.05, 4.69) is 10.9 Å². The summed E-state index contributed by atoms with van der Waals surface area (Å²) in [7, 11) is 0. The van der Waals surface area contributed by atoms with Gasteiger partial charge in [-0.2, -0.15) is 0 Å². The third kappa shape index (κ3) is 5.23. The highest BCUT2D eigenvalue weighted by Gasteiger charge is 2.16. The van der Waals surface area contributed by atoms with Gasteiger partial charge in [0.25, 0.3) is 11.8 Å². The SMILES string of the molecule is CC(OCc1ccccc1)C(=O)NNC(=O)c1cc(Cl)ccc1Cl. The quantitative estimate of drug-likeness (QED) is 0.797. The molecule has 24 heavy (non-hydrogen) atoms. The van der Waals surface area contributed by atoms with Crippen molar-refractivity contribution in [3.05, 3.63) is 69.7 Å². The molecule has 0 heterocycles. The smallest absolute Gasteiger partial charge is 0.271 e. The van der Waals surface area contributed by atoms with Crippen LogP contribution in [0, 0.1) is 0 Å². The summed E-state index contributed by atoms with van der Waals surface area (Å²) >= 11 is 11.8. The Labute approximate surface area is 149 Å². The van der Waals surface area contributed by atoms with E-state index < -0.39 is 17.9 Å². The minimum atomic E-state index is -0.736. The summed E-state index contributed by atoms with van der Waals surface area (Å²) in [5.41, 5.74) is 5.70. The van der Waals surface area contributed by atoms with Gasteiger partial charge >= 0.3 is 0 Å². The van der Waals surface area contributed by atoms with Crippen molar-refractivity contribution in [2.75, 3.05) is 0 Å². The van der Waals surface area contributed by atoms with Gasteiger partial charge in [-0.3, -0.25) is 20.4 Å². The summed E-state index contributed by atoms with van der Waals surface area (Å²) in [6, 6.07) is 14.0. The third-order valence-electron chi connectivity index (χ3n) is 3.18. The van der Waals surface area contributed by atoms with Crippen LogP contribution in [0.4, 0.5) is 0 Å². The fourth-order valence-electron chi connectivity index (χ4n) is 1.83. The largest absolute Gasteiger partial charge is 0.364 e. The van der Waals surface area contributed by atoms with Gasteiger partial charge in [-0.25, -0.2) is 0 Å². The highest BCUT2D eigenvalue weighted by Crippen LogP contribution is 2.20. The van der Waals surface area contributed by atoms with Crippen molar-refractivity contribution in [3.63, 3.8) is 0 Å². The lowest BCUT2D eigenvalue weighted by atomic mass is 10.2. The van der Waals surface area contributed by atoms with Crippen LogP contribution in [0.2, 0.25) is 10.0 Å². The van der Waals surface area contributed by atoms with Gasteiger partial charge in [0.15, 0.2) is 0 Å². The maximum absolute atomic E-state index is 12.0. The van der Waals surface area contributed by atoms with Crippen LogP contribution in [0.25, 0.3) is 0 Å². The van der Waals surface area contributed by atoms with E-state index >= 15 is 0 Å². The molecule has 2 N–H and O–H groups in total. The molecule has 0 radical (unpaired) electrons. The van der Waals surface area contributed by atoms with E-state index in [9.17, 15) is 9.59 Å². The first kappa shape index (κ1) is 18.3. The standard InChI is InChI=1S/C17H16Cl2N2O3/c1-11(24-10-12-5-3-2-4-6-12)16(22)20-21-17(23)14-9-13(18)7-8-15(14)19/h2-9,11H,10H2,1H3,(H,20,22)(H,21,23). The number of hydrogen-bond acceptors (Lipinski definition) is 3. The Morgan fingerprint density at radius 3 is 2.50 bits per heavy atom. The van der Waals surface area contributed by atoms with Crippen molar-refractivity contribution < 1.29 is 14.3 Å². The highest BCUT2D eigenvalue weighted by atomic mass is 35.5. The maximum atomic E-state index is 12.0. The van der Waals surface area contributed by atoms with Gasteiger partial charge < -0.3 is 4.74 Å². The molecular weight excluding hydrogens is 351 g/mol. The highest BCUT2D eigenvalue weighted by molar-refractivity contribution is 6.35. The molecule has 0 aliphatic carbocycles. The molecule has 2 aromatic rings. The van der Waals surface area contributed by atoms with Gasteiger partial charge in [0.1, 0.15) is 6.10 Å². The molecule has 7 heteroatoms. The lowest BCUT2D eigenvalue weighted by Gasteiger charge is -2.14. The molecule has 126 valence electrons. The molecule has 0 bridgehead atoms. The second-order valence-corrected chi connectivity index (χ2v) is 5.85. The van der Waals surface area contributed by atoms with Crippen molar-refractivity contribution in [3.8, 4) is 0 Å². The van der Waals surface area contributed by atoms with Crippen LogP contribution in [-0.4, -0.2) is 17.9 Å². The summed E-state index contributed by atoms with van der Waals surface area (Å²) < 4.78 is 5.46.